The summed E-state index contributed by atoms with van der Waals surface area (Å²) < 4.78 is 1.63. The second kappa shape index (κ2) is 8.31. The summed E-state index contributed by atoms with van der Waals surface area (Å²) in [5.41, 5.74) is 3.05. The average Bonchev–Trinajstić information content (AvgIpc) is 3.19. The lowest BCUT2D eigenvalue weighted by Gasteiger charge is -2.19. The first-order valence-electron chi connectivity index (χ1n) is 8.84. The first kappa shape index (κ1) is 18.4. The lowest BCUT2D eigenvalue weighted by Crippen LogP contribution is -2.27. The Balaban J connectivity index is 1.88. The summed E-state index contributed by atoms with van der Waals surface area (Å²) in [6.07, 6.45) is 3.81. The highest BCUT2D eigenvalue weighted by molar-refractivity contribution is 5.97. The predicted molar refractivity (Wildman–Crippen MR) is 106 cm³/mol. The molecule has 0 aliphatic rings. The van der Waals surface area contributed by atoms with E-state index in [0.29, 0.717) is 17.8 Å². The molecular formula is C21H22N4O2. The van der Waals surface area contributed by atoms with E-state index >= 15 is 0 Å². The minimum atomic E-state index is -0.588. The molecule has 0 radical (unpaired) electrons. The van der Waals surface area contributed by atoms with Gasteiger partial charge in [-0.3, -0.25) is 14.3 Å². The van der Waals surface area contributed by atoms with Crippen LogP contribution in [0.4, 0.5) is 11.4 Å². The van der Waals surface area contributed by atoms with Gasteiger partial charge in [-0.15, -0.1) is 0 Å². The molecule has 3 rings (SSSR count). The van der Waals surface area contributed by atoms with Gasteiger partial charge in [-0.2, -0.15) is 5.10 Å². The van der Waals surface area contributed by atoms with Crippen LogP contribution in [0.5, 0.6) is 0 Å². The van der Waals surface area contributed by atoms with Gasteiger partial charge < -0.3 is 10.6 Å². The van der Waals surface area contributed by atoms with Gasteiger partial charge in [0.15, 0.2) is 6.04 Å². The predicted octanol–water partition coefficient (Wildman–Crippen LogP) is 3.77. The van der Waals surface area contributed by atoms with Crippen LogP contribution in [0.25, 0.3) is 0 Å². The second-order valence-electron chi connectivity index (χ2n) is 6.22. The number of hydrogen-bond acceptors (Lipinski definition) is 3. The summed E-state index contributed by atoms with van der Waals surface area (Å²) in [6, 6.07) is 16.2. The molecule has 1 aromatic heterocycles. The van der Waals surface area contributed by atoms with E-state index in [1.165, 1.54) is 0 Å². The molecule has 2 N–H and O–H groups in total. The van der Waals surface area contributed by atoms with Crippen LogP contribution in [0.1, 0.15) is 30.5 Å². The fourth-order valence-corrected chi connectivity index (χ4v) is 2.78. The molecule has 0 saturated heterocycles. The van der Waals surface area contributed by atoms with Crippen molar-refractivity contribution in [3.63, 3.8) is 0 Å². The Morgan fingerprint density at radius 2 is 1.85 bits per heavy atom. The van der Waals surface area contributed by atoms with Crippen molar-refractivity contribution in [2.45, 2.75) is 26.3 Å². The number of aryl methyl sites for hydroxylation is 1. The summed E-state index contributed by atoms with van der Waals surface area (Å²) in [7, 11) is 0. The molecule has 0 spiro atoms. The maximum Gasteiger partial charge on any atom is 0.253 e. The van der Waals surface area contributed by atoms with Gasteiger partial charge in [-0.1, -0.05) is 43.3 Å². The van der Waals surface area contributed by atoms with Crippen molar-refractivity contribution in [3.05, 3.63) is 78.1 Å². The van der Waals surface area contributed by atoms with E-state index in [4.69, 9.17) is 0 Å². The highest BCUT2D eigenvalue weighted by atomic mass is 16.2. The number of nitrogens with zero attached hydrogens (tertiary/aromatic N) is 2. The maximum atomic E-state index is 13.1. The summed E-state index contributed by atoms with van der Waals surface area (Å²) in [5, 5.41) is 10.0. The highest BCUT2D eigenvalue weighted by Gasteiger charge is 2.23. The summed E-state index contributed by atoms with van der Waals surface area (Å²) in [5.74, 6) is -0.276. The zero-order chi connectivity index (χ0) is 19.2. The van der Waals surface area contributed by atoms with E-state index < -0.39 is 6.04 Å². The number of carbonyl (C=O) groups is 2. The number of rotatable bonds is 6. The van der Waals surface area contributed by atoms with Gasteiger partial charge in [0.25, 0.3) is 5.91 Å². The number of hydrogen-bond donors (Lipinski definition) is 2. The fraction of sp³-hybridized carbons (Fsp3) is 0.190. The molecule has 2 amide bonds. The van der Waals surface area contributed by atoms with Gasteiger partial charge >= 0.3 is 0 Å². The second-order valence-corrected chi connectivity index (χ2v) is 6.22. The quantitative estimate of drug-likeness (QED) is 0.701. The smallest absolute Gasteiger partial charge is 0.253 e. The van der Waals surface area contributed by atoms with Crippen molar-refractivity contribution in [3.8, 4) is 0 Å². The van der Waals surface area contributed by atoms with Crippen LogP contribution >= 0.6 is 0 Å². The van der Waals surface area contributed by atoms with Crippen LogP contribution < -0.4 is 10.6 Å². The third-order valence-corrected chi connectivity index (χ3v) is 4.25. The minimum absolute atomic E-state index is 0.0742. The van der Waals surface area contributed by atoms with Crippen molar-refractivity contribution in [2.24, 2.45) is 0 Å². The van der Waals surface area contributed by atoms with Crippen LogP contribution in [-0.4, -0.2) is 21.6 Å². The van der Waals surface area contributed by atoms with E-state index in [2.05, 4.69) is 15.7 Å². The van der Waals surface area contributed by atoms with Crippen LogP contribution in [0.3, 0.4) is 0 Å². The number of nitrogens with one attached hydrogen (secondary N) is 2. The van der Waals surface area contributed by atoms with Gasteiger partial charge in [0.2, 0.25) is 5.91 Å². The molecule has 0 aliphatic heterocycles. The molecule has 0 bridgehead atoms. The number of aromatic nitrogens is 2. The van der Waals surface area contributed by atoms with Crippen LogP contribution in [0, 0.1) is 6.92 Å². The number of anilines is 2. The first-order valence-corrected chi connectivity index (χ1v) is 8.84. The molecule has 1 heterocycles. The van der Waals surface area contributed by atoms with Crippen molar-refractivity contribution >= 4 is 23.2 Å². The zero-order valence-electron chi connectivity index (χ0n) is 15.3. The van der Waals surface area contributed by atoms with E-state index in [-0.39, 0.29) is 11.8 Å². The fourth-order valence-electron chi connectivity index (χ4n) is 2.78. The molecule has 0 fully saturated rings. The van der Waals surface area contributed by atoms with Crippen molar-refractivity contribution < 1.29 is 9.59 Å². The number of carbonyl (C=O) groups excluding carboxylic acids is 2. The molecular weight excluding hydrogens is 340 g/mol. The Morgan fingerprint density at radius 3 is 2.52 bits per heavy atom. The van der Waals surface area contributed by atoms with Crippen molar-refractivity contribution in [1.29, 1.82) is 0 Å². The third kappa shape index (κ3) is 4.41. The summed E-state index contributed by atoms with van der Waals surface area (Å²) >= 11 is 0. The van der Waals surface area contributed by atoms with Gasteiger partial charge in [0.1, 0.15) is 0 Å². The van der Waals surface area contributed by atoms with E-state index in [1.54, 1.807) is 36.1 Å². The molecule has 6 nitrogen and oxygen atoms in total. The van der Waals surface area contributed by atoms with Gasteiger partial charge in [-0.05, 0) is 36.2 Å². The van der Waals surface area contributed by atoms with Gasteiger partial charge in [-0.25, -0.2) is 0 Å². The Bertz CT molecular complexity index is 921. The lowest BCUT2D eigenvalue weighted by molar-refractivity contribution is -0.118. The standard InChI is InChI=1S/C21H22N4O2/c1-3-19(26)23-17-11-10-15(2)18(14-17)24-21(27)20(25-13-7-12-22-25)16-8-5-4-6-9-16/h4-14,20H,3H2,1-2H3,(H,23,26)(H,24,27). The summed E-state index contributed by atoms with van der Waals surface area (Å²) in [4.78, 5) is 24.7. The van der Waals surface area contributed by atoms with Crippen LogP contribution in [0.2, 0.25) is 0 Å². The topological polar surface area (TPSA) is 76.0 Å². The Kier molecular flexibility index (Phi) is 5.66. The molecule has 138 valence electrons. The SMILES string of the molecule is CCC(=O)Nc1ccc(C)c(NC(=O)C(c2ccccc2)n2cccn2)c1. The lowest BCUT2D eigenvalue weighted by atomic mass is 10.1. The molecule has 2 aromatic carbocycles. The van der Waals surface area contributed by atoms with E-state index in [1.807, 2.05) is 49.4 Å². The number of amides is 2. The highest BCUT2D eigenvalue weighted by Crippen LogP contribution is 2.24. The molecule has 0 saturated carbocycles. The Hall–Kier alpha value is -3.41. The van der Waals surface area contributed by atoms with Crippen LogP contribution in [0.15, 0.2) is 67.0 Å². The normalized spacial score (nSPS) is 11.6. The van der Waals surface area contributed by atoms with E-state index in [9.17, 15) is 9.59 Å². The molecule has 1 unspecified atom stereocenters. The molecule has 1 atom stereocenters. The third-order valence-electron chi connectivity index (χ3n) is 4.25. The van der Waals surface area contributed by atoms with Gasteiger partial charge in [0, 0.05) is 30.2 Å². The van der Waals surface area contributed by atoms with Crippen molar-refractivity contribution in [2.75, 3.05) is 10.6 Å². The summed E-state index contributed by atoms with van der Waals surface area (Å²) in [6.45, 7) is 3.70. The maximum absolute atomic E-state index is 13.1. The van der Waals surface area contributed by atoms with Crippen LogP contribution in [-0.2, 0) is 9.59 Å². The van der Waals surface area contributed by atoms with Gasteiger partial charge in [0.05, 0.1) is 0 Å². The zero-order valence-corrected chi connectivity index (χ0v) is 15.3. The molecule has 6 heteroatoms. The number of benzene rings is 2. The molecule has 3 aromatic rings. The van der Waals surface area contributed by atoms with E-state index in [0.717, 1.165) is 11.1 Å². The largest absolute Gasteiger partial charge is 0.326 e. The molecule has 0 aliphatic carbocycles. The average molecular weight is 362 g/mol. The monoisotopic (exact) mass is 362 g/mol. The molecule has 27 heavy (non-hydrogen) atoms. The Morgan fingerprint density at radius 1 is 1.07 bits per heavy atom. The Labute approximate surface area is 158 Å². The first-order chi connectivity index (χ1) is 13.1. The minimum Gasteiger partial charge on any atom is -0.326 e. The van der Waals surface area contributed by atoms with Crippen molar-refractivity contribution in [1.82, 2.24) is 9.78 Å².